The summed E-state index contributed by atoms with van der Waals surface area (Å²) in [4.78, 5) is 0. The lowest BCUT2D eigenvalue weighted by molar-refractivity contribution is -0.460. The molecule has 0 heterocycles. The van der Waals surface area contributed by atoms with E-state index >= 15 is 0 Å². The smallest absolute Gasteiger partial charge is 0.139 e. The molecule has 0 amide bonds. The second-order valence-corrected chi connectivity index (χ2v) is 2.29. The minimum atomic E-state index is 1.23. The van der Waals surface area contributed by atoms with Gasteiger partial charge in [0.1, 0.15) is 20.3 Å². The Morgan fingerprint density at radius 2 is 2.00 bits per heavy atom. The van der Waals surface area contributed by atoms with E-state index in [0.29, 0.717) is 0 Å². The molecule has 1 nitrogen and oxygen atoms in total. The Kier molecular flexibility index (Phi) is 4.62. The minimum absolute atomic E-state index is 1.23. The molecule has 0 aromatic heterocycles. The van der Waals surface area contributed by atoms with Crippen molar-refractivity contribution in [3.05, 3.63) is 0 Å². The fourth-order valence-electron chi connectivity index (χ4n) is 0.554. The summed E-state index contributed by atoms with van der Waals surface area (Å²) in [6.45, 7) is 2.21. The van der Waals surface area contributed by atoms with Gasteiger partial charge in [0.05, 0.1) is 0 Å². The molecule has 0 aromatic rings. The van der Waals surface area contributed by atoms with Crippen molar-refractivity contribution in [1.29, 1.82) is 0 Å². The molecule has 0 saturated heterocycles. The van der Waals surface area contributed by atoms with Gasteiger partial charge in [-0.15, -0.1) is 0 Å². The molecule has 0 bridgehead atoms. The van der Waals surface area contributed by atoms with E-state index in [0.717, 1.165) is 0 Å². The standard InChI is InChI=1S/C7H16N/c1-4-5-6-7-8(2)3/h7H,4-6H2,1-3H3/q+1/i1+1,2+1,4+1. The predicted molar refractivity (Wildman–Crippen MR) is 37.7 cm³/mol. The zero-order chi connectivity index (χ0) is 6.41. The third-order valence-electron chi connectivity index (χ3n) is 1.05. The highest BCUT2D eigenvalue weighted by atomic mass is 15.0. The van der Waals surface area contributed by atoms with Crippen LogP contribution in [0.3, 0.4) is 0 Å². The highest BCUT2D eigenvalue weighted by Gasteiger charge is 1.82. The minimum Gasteiger partial charge on any atom is -0.245 e. The van der Waals surface area contributed by atoms with Crippen LogP contribution in [0.1, 0.15) is 26.2 Å². The number of rotatable bonds is 3. The quantitative estimate of drug-likeness (QED) is 0.228. The maximum Gasteiger partial charge on any atom is 0.139 e. The molecule has 0 aliphatic heterocycles. The molecule has 0 fully saturated rings. The highest BCUT2D eigenvalue weighted by Crippen LogP contribution is 1.88. The van der Waals surface area contributed by atoms with E-state index in [-0.39, 0.29) is 0 Å². The fraction of sp³-hybridized carbons (Fsp3) is 0.857. The summed E-state index contributed by atoms with van der Waals surface area (Å²) in [5.74, 6) is 0. The molecule has 0 aliphatic carbocycles. The van der Waals surface area contributed by atoms with Crippen molar-refractivity contribution < 1.29 is 4.58 Å². The van der Waals surface area contributed by atoms with Crippen molar-refractivity contribution in [2.24, 2.45) is 0 Å². The SMILES string of the molecule is C[N+]([13CH3])=CCC[13CH2][13CH3]. The normalized spacial score (nSPS) is 12.1. The Labute approximate surface area is 52.0 Å². The van der Waals surface area contributed by atoms with E-state index in [1.165, 1.54) is 19.3 Å². The van der Waals surface area contributed by atoms with Crippen LogP contribution in [-0.4, -0.2) is 24.9 Å². The molecule has 1 heteroatoms. The third-order valence-corrected chi connectivity index (χ3v) is 1.05. The Balaban J connectivity index is 3.03. The molecule has 48 valence electrons. The van der Waals surface area contributed by atoms with Gasteiger partial charge in [0.2, 0.25) is 0 Å². The molecule has 0 unspecified atom stereocenters. The first kappa shape index (κ1) is 7.67. The Bertz CT molecular complexity index is 70.5. The molecule has 0 saturated carbocycles. The summed E-state index contributed by atoms with van der Waals surface area (Å²) in [5, 5.41) is 0. The average molecular weight is 117 g/mol. The lowest BCUT2D eigenvalue weighted by atomic mass is 10.4. The first-order valence-electron chi connectivity index (χ1n) is 3.27. The van der Waals surface area contributed by atoms with Gasteiger partial charge < -0.3 is 0 Å². The molecule has 0 rings (SSSR count). The summed E-state index contributed by atoms with van der Waals surface area (Å²) < 4.78 is 2.11. The number of unbranched alkanes of at least 4 members (excludes halogenated alkanes) is 2. The van der Waals surface area contributed by atoms with Crippen LogP contribution < -0.4 is 0 Å². The van der Waals surface area contributed by atoms with Gasteiger partial charge in [0, 0.05) is 6.42 Å². The van der Waals surface area contributed by atoms with E-state index in [4.69, 9.17) is 0 Å². The van der Waals surface area contributed by atoms with Gasteiger partial charge in [0.15, 0.2) is 0 Å². The first-order valence-corrected chi connectivity index (χ1v) is 3.27. The molecule has 0 spiro atoms. The number of hydrogen-bond acceptors (Lipinski definition) is 0. The molecule has 0 atom stereocenters. The lowest BCUT2D eigenvalue weighted by Gasteiger charge is -1.85. The van der Waals surface area contributed by atoms with E-state index in [1.807, 2.05) is 0 Å². The van der Waals surface area contributed by atoms with Crippen LogP contribution in [-0.2, 0) is 0 Å². The second kappa shape index (κ2) is 4.82. The van der Waals surface area contributed by atoms with Crippen molar-refractivity contribution in [3.63, 3.8) is 0 Å². The van der Waals surface area contributed by atoms with Gasteiger partial charge in [-0.2, -0.15) is 0 Å². The topological polar surface area (TPSA) is 3.01 Å². The predicted octanol–water partition coefficient (Wildman–Crippen LogP) is 1.52. The van der Waals surface area contributed by atoms with Crippen LogP contribution in [0.25, 0.3) is 0 Å². The summed E-state index contributed by atoms with van der Waals surface area (Å²) in [7, 11) is 4.13. The van der Waals surface area contributed by atoms with E-state index in [9.17, 15) is 0 Å². The largest absolute Gasteiger partial charge is 0.245 e. The van der Waals surface area contributed by atoms with Crippen molar-refractivity contribution >= 4 is 6.21 Å². The van der Waals surface area contributed by atoms with E-state index < -0.39 is 0 Å². The molecular formula is C7H16N+. The van der Waals surface area contributed by atoms with Crippen molar-refractivity contribution in [2.45, 2.75) is 26.2 Å². The number of nitrogens with zero attached hydrogens (tertiary/aromatic N) is 1. The van der Waals surface area contributed by atoms with Crippen molar-refractivity contribution in [1.82, 2.24) is 0 Å². The zero-order valence-corrected chi connectivity index (χ0v) is 6.15. The van der Waals surface area contributed by atoms with E-state index in [2.05, 4.69) is 31.8 Å². The summed E-state index contributed by atoms with van der Waals surface area (Å²) in [6, 6.07) is 0. The van der Waals surface area contributed by atoms with Gasteiger partial charge in [-0.1, -0.05) is 13.3 Å². The van der Waals surface area contributed by atoms with E-state index in [1.54, 1.807) is 0 Å². The summed E-state index contributed by atoms with van der Waals surface area (Å²) in [6.07, 6.45) is 6.05. The van der Waals surface area contributed by atoms with Gasteiger partial charge in [-0.3, -0.25) is 0 Å². The first-order chi connectivity index (χ1) is 3.77. The lowest BCUT2D eigenvalue weighted by Crippen LogP contribution is -1.97. The van der Waals surface area contributed by atoms with Crippen LogP contribution in [0.4, 0.5) is 0 Å². The van der Waals surface area contributed by atoms with Crippen LogP contribution in [0.15, 0.2) is 0 Å². The highest BCUT2D eigenvalue weighted by molar-refractivity contribution is 5.50. The van der Waals surface area contributed by atoms with Gasteiger partial charge in [0.25, 0.3) is 0 Å². The molecular weight excluding hydrogens is 101 g/mol. The van der Waals surface area contributed by atoms with Crippen LogP contribution in [0.5, 0.6) is 0 Å². The van der Waals surface area contributed by atoms with Crippen molar-refractivity contribution in [3.8, 4) is 0 Å². The average Bonchev–Trinajstić information content (AvgIpc) is 1.66. The van der Waals surface area contributed by atoms with Crippen LogP contribution >= 0.6 is 0 Å². The molecule has 0 aliphatic rings. The summed E-state index contributed by atoms with van der Waals surface area (Å²) in [5.41, 5.74) is 0. The summed E-state index contributed by atoms with van der Waals surface area (Å²) >= 11 is 0. The number of hydrogen-bond donors (Lipinski definition) is 0. The second-order valence-electron chi connectivity index (χ2n) is 2.29. The molecule has 0 aromatic carbocycles. The monoisotopic (exact) mass is 117 g/mol. The van der Waals surface area contributed by atoms with Gasteiger partial charge >= 0.3 is 0 Å². The Morgan fingerprint density at radius 3 is 2.38 bits per heavy atom. The van der Waals surface area contributed by atoms with Crippen molar-refractivity contribution in [2.75, 3.05) is 14.1 Å². The van der Waals surface area contributed by atoms with Crippen LogP contribution in [0, 0.1) is 0 Å². The van der Waals surface area contributed by atoms with Crippen LogP contribution in [0.2, 0.25) is 0 Å². The Morgan fingerprint density at radius 1 is 1.38 bits per heavy atom. The maximum atomic E-state index is 2.21. The Hall–Kier alpha value is -0.330. The third kappa shape index (κ3) is 5.67. The van der Waals surface area contributed by atoms with Gasteiger partial charge in [-0.05, 0) is 6.42 Å². The van der Waals surface area contributed by atoms with Gasteiger partial charge in [-0.25, -0.2) is 4.58 Å². The molecule has 8 heavy (non-hydrogen) atoms. The fourth-order valence-corrected chi connectivity index (χ4v) is 0.554. The maximum absolute atomic E-state index is 2.21. The molecule has 0 N–H and O–H groups in total. The zero-order valence-electron chi connectivity index (χ0n) is 6.15. The molecule has 0 radical (unpaired) electrons.